The molecule has 0 radical (unpaired) electrons. The molecule has 2 aliphatic heterocycles. The molecule has 0 aliphatic carbocycles. The molecular formula is C18H23N3O3. The number of aryl methyl sites for hydroxylation is 1. The smallest absolute Gasteiger partial charge is 0.247 e. The Balaban J connectivity index is 1.45. The number of hydrogen-bond donors (Lipinski definition) is 0. The Kier molecular flexibility index (Phi) is 4.12. The molecule has 1 atom stereocenters. The van der Waals surface area contributed by atoms with E-state index in [4.69, 9.17) is 13.9 Å². The van der Waals surface area contributed by atoms with Gasteiger partial charge >= 0.3 is 0 Å². The highest BCUT2D eigenvalue weighted by atomic mass is 16.7. The number of piperidine rings is 1. The molecule has 128 valence electrons. The highest BCUT2D eigenvalue weighted by Gasteiger charge is 2.41. The minimum atomic E-state index is -0.349. The molecule has 4 rings (SSSR count). The molecule has 0 bridgehead atoms. The van der Waals surface area contributed by atoms with Gasteiger partial charge in [-0.15, -0.1) is 10.2 Å². The summed E-state index contributed by atoms with van der Waals surface area (Å²) in [6.07, 6.45) is 1.77. The van der Waals surface area contributed by atoms with Gasteiger partial charge in [-0.05, 0) is 26.0 Å². The van der Waals surface area contributed by atoms with Crippen LogP contribution in [0.25, 0.3) is 11.5 Å². The highest BCUT2D eigenvalue weighted by Crippen LogP contribution is 2.34. The molecule has 2 saturated heterocycles. The van der Waals surface area contributed by atoms with Gasteiger partial charge in [0.05, 0.1) is 19.3 Å². The first-order valence-corrected chi connectivity index (χ1v) is 8.58. The molecule has 0 unspecified atom stereocenters. The molecule has 1 spiro atoms. The van der Waals surface area contributed by atoms with Gasteiger partial charge < -0.3 is 13.9 Å². The second-order valence-electron chi connectivity index (χ2n) is 6.63. The average Bonchev–Trinajstić information content (AvgIpc) is 3.25. The van der Waals surface area contributed by atoms with E-state index in [0.29, 0.717) is 25.0 Å². The van der Waals surface area contributed by atoms with Crippen LogP contribution in [-0.2, 0) is 9.47 Å². The molecule has 1 aromatic carbocycles. The topological polar surface area (TPSA) is 60.6 Å². The van der Waals surface area contributed by atoms with E-state index >= 15 is 0 Å². The van der Waals surface area contributed by atoms with Crippen LogP contribution in [0.5, 0.6) is 0 Å². The van der Waals surface area contributed by atoms with Crippen molar-refractivity contribution in [2.45, 2.75) is 38.5 Å². The van der Waals surface area contributed by atoms with E-state index < -0.39 is 0 Å². The second kappa shape index (κ2) is 6.27. The Hall–Kier alpha value is -1.76. The first-order valence-electron chi connectivity index (χ1n) is 8.58. The van der Waals surface area contributed by atoms with Crippen molar-refractivity contribution >= 4 is 0 Å². The molecule has 6 heteroatoms. The number of hydrogen-bond acceptors (Lipinski definition) is 6. The maximum Gasteiger partial charge on any atom is 0.247 e. The third-order valence-electron chi connectivity index (χ3n) is 4.98. The van der Waals surface area contributed by atoms with Gasteiger partial charge in [0.2, 0.25) is 11.8 Å². The predicted octanol–water partition coefficient (Wildman–Crippen LogP) is 2.94. The quantitative estimate of drug-likeness (QED) is 0.863. The standard InChI is InChI=1S/C18H23N3O3/c1-13-4-3-5-15(12-13)17-20-19-16(24-17)14(2)21-8-6-18(7-9-21)22-10-11-23-18/h3-5,12,14H,6-11H2,1-2H3/t14-/m0/s1. The van der Waals surface area contributed by atoms with Gasteiger partial charge in [-0.25, -0.2) is 0 Å². The molecular weight excluding hydrogens is 306 g/mol. The zero-order chi connectivity index (χ0) is 16.6. The largest absolute Gasteiger partial charge is 0.419 e. The van der Waals surface area contributed by atoms with Crippen molar-refractivity contribution in [1.29, 1.82) is 0 Å². The normalized spacial score (nSPS) is 22.1. The first kappa shape index (κ1) is 15.7. The summed E-state index contributed by atoms with van der Waals surface area (Å²) in [7, 11) is 0. The first-order chi connectivity index (χ1) is 11.7. The average molecular weight is 329 g/mol. The zero-order valence-electron chi connectivity index (χ0n) is 14.2. The van der Waals surface area contributed by atoms with Gasteiger partial charge in [-0.2, -0.15) is 0 Å². The van der Waals surface area contributed by atoms with E-state index in [1.807, 2.05) is 12.1 Å². The summed E-state index contributed by atoms with van der Waals surface area (Å²) >= 11 is 0. The summed E-state index contributed by atoms with van der Waals surface area (Å²) in [6, 6.07) is 8.20. The van der Waals surface area contributed by atoms with E-state index in [-0.39, 0.29) is 11.8 Å². The molecule has 0 saturated carbocycles. The minimum Gasteiger partial charge on any atom is -0.419 e. The highest BCUT2D eigenvalue weighted by molar-refractivity contribution is 5.53. The number of benzene rings is 1. The number of aromatic nitrogens is 2. The third kappa shape index (κ3) is 2.97. The molecule has 24 heavy (non-hydrogen) atoms. The fraction of sp³-hybridized carbons (Fsp3) is 0.556. The van der Waals surface area contributed by atoms with Crippen LogP contribution in [-0.4, -0.2) is 47.2 Å². The van der Waals surface area contributed by atoms with Crippen molar-refractivity contribution in [2.24, 2.45) is 0 Å². The number of nitrogens with zero attached hydrogens (tertiary/aromatic N) is 3. The van der Waals surface area contributed by atoms with Crippen molar-refractivity contribution in [3.05, 3.63) is 35.7 Å². The van der Waals surface area contributed by atoms with Crippen LogP contribution in [0.2, 0.25) is 0 Å². The minimum absolute atomic E-state index is 0.0924. The number of likely N-dealkylation sites (tertiary alicyclic amines) is 1. The molecule has 0 N–H and O–H groups in total. The fourth-order valence-corrected chi connectivity index (χ4v) is 3.49. The summed E-state index contributed by atoms with van der Waals surface area (Å²) in [4.78, 5) is 2.35. The molecule has 1 aromatic heterocycles. The maximum atomic E-state index is 5.93. The van der Waals surface area contributed by atoms with Crippen LogP contribution < -0.4 is 0 Å². The van der Waals surface area contributed by atoms with Crippen molar-refractivity contribution in [3.63, 3.8) is 0 Å². The second-order valence-corrected chi connectivity index (χ2v) is 6.63. The van der Waals surface area contributed by atoms with Crippen LogP contribution in [0, 0.1) is 6.92 Å². The molecule has 2 fully saturated rings. The number of ether oxygens (including phenoxy) is 2. The van der Waals surface area contributed by atoms with Gasteiger partial charge in [0, 0.05) is 31.5 Å². The molecule has 6 nitrogen and oxygen atoms in total. The lowest BCUT2D eigenvalue weighted by Gasteiger charge is -2.39. The van der Waals surface area contributed by atoms with Crippen molar-refractivity contribution in [1.82, 2.24) is 15.1 Å². The fourth-order valence-electron chi connectivity index (χ4n) is 3.49. The summed E-state index contributed by atoms with van der Waals surface area (Å²) in [5, 5.41) is 8.49. The lowest BCUT2D eigenvalue weighted by Crippen LogP contribution is -2.45. The van der Waals surface area contributed by atoms with E-state index in [2.05, 4.69) is 41.1 Å². The summed E-state index contributed by atoms with van der Waals surface area (Å²) in [5.41, 5.74) is 2.14. The van der Waals surface area contributed by atoms with Gasteiger partial charge in [-0.1, -0.05) is 17.7 Å². The van der Waals surface area contributed by atoms with Crippen molar-refractivity contribution in [3.8, 4) is 11.5 Å². The van der Waals surface area contributed by atoms with Crippen molar-refractivity contribution in [2.75, 3.05) is 26.3 Å². The SMILES string of the molecule is Cc1cccc(-c2nnc([C@H](C)N3CCC4(CC3)OCCO4)o2)c1. The van der Waals surface area contributed by atoms with Gasteiger partial charge in [0.15, 0.2) is 5.79 Å². The van der Waals surface area contributed by atoms with Crippen molar-refractivity contribution < 1.29 is 13.9 Å². The monoisotopic (exact) mass is 329 g/mol. The van der Waals surface area contributed by atoms with Gasteiger partial charge in [0.1, 0.15) is 0 Å². The Morgan fingerprint density at radius 1 is 1.12 bits per heavy atom. The maximum absolute atomic E-state index is 5.93. The van der Waals surface area contributed by atoms with Crippen LogP contribution >= 0.6 is 0 Å². The van der Waals surface area contributed by atoms with Gasteiger partial charge in [0.25, 0.3) is 0 Å². The van der Waals surface area contributed by atoms with E-state index in [1.54, 1.807) is 0 Å². The molecule has 0 amide bonds. The summed E-state index contributed by atoms with van der Waals surface area (Å²) in [6.45, 7) is 7.40. The Morgan fingerprint density at radius 3 is 2.58 bits per heavy atom. The number of rotatable bonds is 3. The van der Waals surface area contributed by atoms with Gasteiger partial charge in [-0.3, -0.25) is 4.90 Å². The third-order valence-corrected chi connectivity index (χ3v) is 4.98. The van der Waals surface area contributed by atoms with E-state index in [0.717, 1.165) is 31.5 Å². The lowest BCUT2D eigenvalue weighted by molar-refractivity contribution is -0.188. The Bertz CT molecular complexity index is 699. The Labute approximate surface area is 141 Å². The Morgan fingerprint density at radius 2 is 1.88 bits per heavy atom. The zero-order valence-corrected chi connectivity index (χ0v) is 14.2. The van der Waals surface area contributed by atoms with E-state index in [1.165, 1.54) is 5.56 Å². The lowest BCUT2D eigenvalue weighted by atomic mass is 10.0. The van der Waals surface area contributed by atoms with E-state index in [9.17, 15) is 0 Å². The summed E-state index contributed by atoms with van der Waals surface area (Å²) in [5.74, 6) is 0.893. The predicted molar refractivity (Wildman–Crippen MR) is 88.3 cm³/mol. The van der Waals surface area contributed by atoms with Crippen LogP contribution in [0.3, 0.4) is 0 Å². The molecule has 2 aliphatic rings. The van der Waals surface area contributed by atoms with Crippen LogP contribution in [0.15, 0.2) is 28.7 Å². The molecule has 2 aromatic rings. The summed E-state index contributed by atoms with van der Waals surface area (Å²) < 4.78 is 17.5. The van der Waals surface area contributed by atoms with Crippen LogP contribution in [0.4, 0.5) is 0 Å². The molecule has 3 heterocycles. The van der Waals surface area contributed by atoms with Crippen LogP contribution in [0.1, 0.15) is 37.3 Å².